The van der Waals surface area contributed by atoms with Crippen LogP contribution in [0.5, 0.6) is 0 Å². The largest absolute Gasteiger partial charge is 0.352 e. The number of hydrogen-bond acceptors (Lipinski definition) is 6. The highest BCUT2D eigenvalue weighted by atomic mass is 35.5. The molecular weight excluding hydrogens is 442 g/mol. The molecule has 30 heavy (non-hydrogen) atoms. The molecule has 0 spiro atoms. The second-order valence-corrected chi connectivity index (χ2v) is 11.3. The lowest BCUT2D eigenvalue weighted by molar-refractivity contribution is 0.0954. The zero-order chi connectivity index (χ0) is 21.3. The number of aliphatic imine (C=N–C) groups is 1. The van der Waals surface area contributed by atoms with E-state index in [1.165, 1.54) is 11.8 Å². The van der Waals surface area contributed by atoms with Gasteiger partial charge in [0.15, 0.2) is 15.0 Å². The van der Waals surface area contributed by atoms with Crippen molar-refractivity contribution in [1.82, 2.24) is 5.32 Å². The van der Waals surface area contributed by atoms with Gasteiger partial charge >= 0.3 is 0 Å². The highest BCUT2D eigenvalue weighted by molar-refractivity contribution is 8.15. The summed E-state index contributed by atoms with van der Waals surface area (Å²) in [5.74, 6) is 0.146. The van der Waals surface area contributed by atoms with Crippen LogP contribution in [-0.4, -0.2) is 48.8 Å². The number of hydrogen-bond donors (Lipinski definition) is 2. The zero-order valence-electron chi connectivity index (χ0n) is 16.4. The van der Waals surface area contributed by atoms with Crippen molar-refractivity contribution >= 4 is 50.0 Å². The Morgan fingerprint density at radius 2 is 1.97 bits per heavy atom. The molecule has 4 rings (SSSR count). The Labute approximate surface area is 185 Å². The fourth-order valence-corrected chi connectivity index (χ4v) is 7.30. The summed E-state index contributed by atoms with van der Waals surface area (Å²) in [4.78, 5) is 17.1. The number of halogens is 1. The molecule has 2 N–H and O–H groups in total. The van der Waals surface area contributed by atoms with E-state index >= 15 is 0 Å². The van der Waals surface area contributed by atoms with Crippen molar-refractivity contribution in [3.63, 3.8) is 0 Å². The van der Waals surface area contributed by atoms with Gasteiger partial charge in [-0.3, -0.25) is 9.79 Å². The second-order valence-electron chi connectivity index (χ2n) is 7.52. The van der Waals surface area contributed by atoms with E-state index < -0.39 is 9.84 Å². The number of thioether (sulfide) groups is 1. The quantitative estimate of drug-likeness (QED) is 0.710. The third-order valence-electron chi connectivity index (χ3n) is 5.17. The van der Waals surface area contributed by atoms with Crippen LogP contribution < -0.4 is 10.6 Å². The maximum atomic E-state index is 12.6. The molecule has 2 aliphatic heterocycles. The third kappa shape index (κ3) is 4.99. The van der Waals surface area contributed by atoms with Crippen LogP contribution in [0.3, 0.4) is 0 Å². The monoisotopic (exact) mass is 463 g/mol. The number of carbonyl (C=O) groups is 1. The van der Waals surface area contributed by atoms with E-state index in [2.05, 4.69) is 15.6 Å². The molecule has 0 aromatic heterocycles. The van der Waals surface area contributed by atoms with Crippen LogP contribution in [0.15, 0.2) is 47.5 Å². The minimum absolute atomic E-state index is 0.0165. The van der Waals surface area contributed by atoms with Crippen LogP contribution in [0, 0.1) is 6.92 Å². The molecular formula is C21H22ClN3O3S2. The number of benzene rings is 2. The van der Waals surface area contributed by atoms with Crippen molar-refractivity contribution in [2.24, 2.45) is 4.99 Å². The van der Waals surface area contributed by atoms with E-state index in [1.54, 1.807) is 12.1 Å². The number of carbonyl (C=O) groups excluding carboxylic acids is 1. The normalized spacial score (nSPS) is 21.7. The molecule has 158 valence electrons. The molecule has 0 radical (unpaired) electrons. The number of amidine groups is 1. The molecule has 2 aromatic carbocycles. The van der Waals surface area contributed by atoms with Crippen LogP contribution in [-0.2, 0) is 16.3 Å². The minimum atomic E-state index is -2.97. The summed E-state index contributed by atoms with van der Waals surface area (Å²) >= 11 is 7.36. The van der Waals surface area contributed by atoms with Gasteiger partial charge in [0.25, 0.3) is 5.91 Å². The lowest BCUT2D eigenvalue weighted by Crippen LogP contribution is -2.25. The van der Waals surface area contributed by atoms with Gasteiger partial charge in [-0.05, 0) is 48.7 Å². The van der Waals surface area contributed by atoms with Gasteiger partial charge in [0.2, 0.25) is 0 Å². The molecule has 1 saturated heterocycles. The van der Waals surface area contributed by atoms with Gasteiger partial charge in [0, 0.05) is 28.1 Å². The Balaban J connectivity index is 1.37. The average Bonchev–Trinajstić information content (AvgIpc) is 3.17. The SMILES string of the molecule is Cc1ccc(C(=O)NCCc2ccc(Cl)cc2)cc1NC1=NC2CS(=O)(=O)CC2S1. The van der Waals surface area contributed by atoms with Crippen molar-refractivity contribution in [2.75, 3.05) is 23.4 Å². The standard InChI is InChI=1S/C21H22ClN3O3S2/c1-13-2-5-15(20(26)23-9-8-14-3-6-16(22)7-4-14)10-17(13)24-21-25-18-11-30(27,28)12-19(18)29-21/h2-7,10,18-19H,8-9,11-12H2,1H3,(H,23,26)(H,24,25). The Bertz CT molecular complexity index is 1100. The number of anilines is 1. The molecule has 2 heterocycles. The van der Waals surface area contributed by atoms with Crippen LogP contribution >= 0.6 is 23.4 Å². The topological polar surface area (TPSA) is 87.6 Å². The number of nitrogens with one attached hydrogen (secondary N) is 2. The van der Waals surface area contributed by atoms with Crippen LogP contribution in [0.2, 0.25) is 5.02 Å². The van der Waals surface area contributed by atoms with Crippen LogP contribution in [0.4, 0.5) is 5.69 Å². The van der Waals surface area contributed by atoms with Gasteiger partial charge in [-0.2, -0.15) is 0 Å². The summed E-state index contributed by atoms with van der Waals surface area (Å²) in [7, 11) is -2.97. The maximum absolute atomic E-state index is 12.6. The molecule has 9 heteroatoms. The number of amides is 1. The molecule has 0 aliphatic carbocycles. The molecule has 1 fully saturated rings. The molecule has 0 saturated carbocycles. The first kappa shape index (κ1) is 21.2. The van der Waals surface area contributed by atoms with Crippen molar-refractivity contribution in [3.8, 4) is 0 Å². The number of aryl methyl sites for hydroxylation is 1. The Morgan fingerprint density at radius 3 is 2.70 bits per heavy atom. The highest BCUT2D eigenvalue weighted by Crippen LogP contribution is 2.35. The van der Waals surface area contributed by atoms with Crippen molar-refractivity contribution < 1.29 is 13.2 Å². The zero-order valence-corrected chi connectivity index (χ0v) is 18.8. The first-order valence-electron chi connectivity index (χ1n) is 9.64. The summed E-state index contributed by atoms with van der Waals surface area (Å²) in [6.45, 7) is 2.48. The lowest BCUT2D eigenvalue weighted by Gasteiger charge is -2.12. The summed E-state index contributed by atoms with van der Waals surface area (Å²) < 4.78 is 23.4. The molecule has 2 unspecified atom stereocenters. The van der Waals surface area contributed by atoms with Gasteiger partial charge in [-0.15, -0.1) is 0 Å². The van der Waals surface area contributed by atoms with Crippen molar-refractivity contribution in [1.29, 1.82) is 0 Å². The van der Waals surface area contributed by atoms with E-state index in [0.717, 1.165) is 23.2 Å². The van der Waals surface area contributed by atoms with Gasteiger partial charge < -0.3 is 10.6 Å². The van der Waals surface area contributed by atoms with Crippen molar-refractivity contribution in [3.05, 3.63) is 64.2 Å². The predicted octanol–water partition coefficient (Wildman–Crippen LogP) is 3.30. The molecule has 2 atom stereocenters. The molecule has 2 aromatic rings. The van der Waals surface area contributed by atoms with E-state index in [4.69, 9.17) is 11.6 Å². The van der Waals surface area contributed by atoms with Gasteiger partial charge in [-0.1, -0.05) is 41.6 Å². The molecule has 0 bridgehead atoms. The van der Waals surface area contributed by atoms with E-state index in [0.29, 0.717) is 22.3 Å². The summed E-state index contributed by atoms with van der Waals surface area (Å²) in [6.07, 6.45) is 0.721. The number of nitrogens with zero attached hydrogens (tertiary/aromatic N) is 1. The van der Waals surface area contributed by atoms with E-state index in [9.17, 15) is 13.2 Å². The molecule has 2 aliphatic rings. The number of rotatable bonds is 5. The van der Waals surface area contributed by atoms with Gasteiger partial charge in [0.1, 0.15) is 0 Å². The smallest absolute Gasteiger partial charge is 0.251 e. The fourth-order valence-electron chi connectivity index (χ4n) is 3.50. The highest BCUT2D eigenvalue weighted by Gasteiger charge is 2.42. The Kier molecular flexibility index (Phi) is 6.09. The van der Waals surface area contributed by atoms with E-state index in [-0.39, 0.29) is 28.7 Å². The number of sulfone groups is 1. The second kappa shape index (κ2) is 8.61. The predicted molar refractivity (Wildman–Crippen MR) is 124 cm³/mol. The summed E-state index contributed by atoms with van der Waals surface area (Å²) in [6, 6.07) is 12.9. The fraction of sp³-hybridized carbons (Fsp3) is 0.333. The first-order valence-corrected chi connectivity index (χ1v) is 12.7. The van der Waals surface area contributed by atoms with Gasteiger partial charge in [0.05, 0.1) is 17.5 Å². The average molecular weight is 464 g/mol. The minimum Gasteiger partial charge on any atom is -0.352 e. The lowest BCUT2D eigenvalue weighted by atomic mass is 10.1. The van der Waals surface area contributed by atoms with Crippen molar-refractivity contribution in [2.45, 2.75) is 24.6 Å². The van der Waals surface area contributed by atoms with Crippen LogP contribution in [0.1, 0.15) is 21.5 Å². The van der Waals surface area contributed by atoms with E-state index in [1.807, 2.05) is 37.3 Å². The number of fused-ring (bicyclic) bond motifs is 1. The summed E-state index contributed by atoms with van der Waals surface area (Å²) in [5, 5.41) is 7.60. The third-order valence-corrected chi connectivity index (χ3v) is 8.57. The first-order chi connectivity index (χ1) is 14.3. The summed E-state index contributed by atoms with van der Waals surface area (Å²) in [5.41, 5.74) is 3.45. The maximum Gasteiger partial charge on any atom is 0.251 e. The van der Waals surface area contributed by atoms with Gasteiger partial charge in [-0.25, -0.2) is 8.42 Å². The Hall–Kier alpha value is -2.03. The molecule has 6 nitrogen and oxygen atoms in total. The molecule has 1 amide bonds. The Morgan fingerprint density at radius 1 is 1.20 bits per heavy atom. The van der Waals surface area contributed by atoms with Crippen LogP contribution in [0.25, 0.3) is 0 Å².